The Morgan fingerprint density at radius 1 is 1.00 bits per heavy atom. The second-order valence-corrected chi connectivity index (χ2v) is 4.63. The van der Waals surface area contributed by atoms with E-state index in [1.54, 1.807) is 0 Å². The van der Waals surface area contributed by atoms with Crippen molar-refractivity contribution < 1.29 is 14.6 Å². The molecule has 112 valence electrons. The molecule has 0 aliphatic rings. The van der Waals surface area contributed by atoms with Crippen LogP contribution in [-0.2, 0) is 0 Å². The van der Waals surface area contributed by atoms with Crippen LogP contribution in [0.15, 0.2) is 54.6 Å². The first kappa shape index (κ1) is 15.4. The number of rotatable bonds is 7. The summed E-state index contributed by atoms with van der Waals surface area (Å²) >= 11 is 0. The van der Waals surface area contributed by atoms with Crippen molar-refractivity contribution in [2.45, 2.75) is 19.1 Å². The lowest BCUT2D eigenvalue weighted by Crippen LogP contribution is -2.31. The van der Waals surface area contributed by atoms with E-state index in [-0.39, 0.29) is 6.54 Å². The SMILES string of the molecule is CCOc1ccccc1O[C@@H](c1ccccc1)[C@@H](O)CN. The maximum Gasteiger partial charge on any atom is 0.162 e. The summed E-state index contributed by atoms with van der Waals surface area (Å²) in [4.78, 5) is 0. The van der Waals surface area contributed by atoms with Crippen LogP contribution in [0.5, 0.6) is 11.5 Å². The largest absolute Gasteiger partial charge is 0.490 e. The minimum atomic E-state index is -0.790. The van der Waals surface area contributed by atoms with Crippen LogP contribution in [0.1, 0.15) is 18.6 Å². The molecule has 3 N–H and O–H groups in total. The Morgan fingerprint density at radius 2 is 1.62 bits per heavy atom. The molecule has 4 nitrogen and oxygen atoms in total. The number of hydrogen-bond acceptors (Lipinski definition) is 4. The minimum Gasteiger partial charge on any atom is -0.490 e. The number of hydrogen-bond donors (Lipinski definition) is 2. The predicted molar refractivity (Wildman–Crippen MR) is 82.5 cm³/mol. The van der Waals surface area contributed by atoms with Gasteiger partial charge in [0.15, 0.2) is 17.6 Å². The highest BCUT2D eigenvalue weighted by molar-refractivity contribution is 5.40. The molecule has 0 aliphatic carbocycles. The molecule has 0 saturated carbocycles. The molecular formula is C17H21NO3. The lowest BCUT2D eigenvalue weighted by atomic mass is 10.0. The van der Waals surface area contributed by atoms with E-state index in [0.717, 1.165) is 5.56 Å². The molecule has 4 heteroatoms. The summed E-state index contributed by atoms with van der Waals surface area (Å²) in [6, 6.07) is 17.0. The Labute approximate surface area is 125 Å². The zero-order chi connectivity index (χ0) is 15.1. The zero-order valence-corrected chi connectivity index (χ0v) is 12.1. The van der Waals surface area contributed by atoms with Crippen molar-refractivity contribution in [3.05, 3.63) is 60.2 Å². The van der Waals surface area contributed by atoms with E-state index in [2.05, 4.69) is 0 Å². The molecule has 21 heavy (non-hydrogen) atoms. The van der Waals surface area contributed by atoms with Crippen molar-refractivity contribution in [2.24, 2.45) is 5.73 Å². The molecule has 0 saturated heterocycles. The van der Waals surface area contributed by atoms with Gasteiger partial charge in [0.05, 0.1) is 6.61 Å². The number of aliphatic hydroxyl groups excluding tert-OH is 1. The van der Waals surface area contributed by atoms with Crippen molar-refractivity contribution in [3.8, 4) is 11.5 Å². The summed E-state index contributed by atoms with van der Waals surface area (Å²) in [6.45, 7) is 2.59. The highest BCUT2D eigenvalue weighted by atomic mass is 16.5. The molecule has 2 aromatic carbocycles. The zero-order valence-electron chi connectivity index (χ0n) is 12.1. The first-order valence-corrected chi connectivity index (χ1v) is 7.07. The highest BCUT2D eigenvalue weighted by Gasteiger charge is 2.23. The van der Waals surface area contributed by atoms with Crippen molar-refractivity contribution in [2.75, 3.05) is 13.2 Å². The van der Waals surface area contributed by atoms with Crippen LogP contribution < -0.4 is 15.2 Å². The van der Waals surface area contributed by atoms with Crippen molar-refractivity contribution in [3.63, 3.8) is 0 Å². The summed E-state index contributed by atoms with van der Waals surface area (Å²) in [5.41, 5.74) is 6.48. The average molecular weight is 287 g/mol. The molecule has 2 aromatic rings. The number of benzene rings is 2. The van der Waals surface area contributed by atoms with E-state index in [0.29, 0.717) is 18.1 Å². The summed E-state index contributed by atoms with van der Waals surface area (Å²) in [7, 11) is 0. The summed E-state index contributed by atoms with van der Waals surface area (Å²) in [5.74, 6) is 1.26. The van der Waals surface area contributed by atoms with E-state index >= 15 is 0 Å². The molecule has 0 spiro atoms. The van der Waals surface area contributed by atoms with Crippen molar-refractivity contribution in [1.29, 1.82) is 0 Å². The topological polar surface area (TPSA) is 64.7 Å². The van der Waals surface area contributed by atoms with Crippen molar-refractivity contribution >= 4 is 0 Å². The van der Waals surface area contributed by atoms with Crippen LogP contribution >= 0.6 is 0 Å². The van der Waals surface area contributed by atoms with Crippen LogP contribution in [0.2, 0.25) is 0 Å². The Bertz CT molecular complexity index is 545. The van der Waals surface area contributed by atoms with E-state index in [1.165, 1.54) is 0 Å². The number of nitrogens with two attached hydrogens (primary N) is 1. The van der Waals surface area contributed by atoms with Crippen LogP contribution in [0, 0.1) is 0 Å². The smallest absolute Gasteiger partial charge is 0.162 e. The molecule has 0 fully saturated rings. The van der Waals surface area contributed by atoms with Crippen LogP contribution in [0.25, 0.3) is 0 Å². The second kappa shape index (κ2) is 7.67. The van der Waals surface area contributed by atoms with Gasteiger partial charge in [-0.05, 0) is 24.6 Å². The molecule has 2 atom stereocenters. The third-order valence-corrected chi connectivity index (χ3v) is 3.12. The second-order valence-electron chi connectivity index (χ2n) is 4.63. The average Bonchev–Trinajstić information content (AvgIpc) is 2.54. The van der Waals surface area contributed by atoms with Crippen molar-refractivity contribution in [1.82, 2.24) is 0 Å². The van der Waals surface area contributed by atoms with Gasteiger partial charge in [-0.25, -0.2) is 0 Å². The van der Waals surface area contributed by atoms with Gasteiger partial charge in [0.25, 0.3) is 0 Å². The first-order chi connectivity index (χ1) is 10.3. The monoisotopic (exact) mass is 287 g/mol. The molecule has 0 aromatic heterocycles. The Hall–Kier alpha value is -2.04. The molecule has 0 unspecified atom stereocenters. The number of para-hydroxylation sites is 2. The van der Waals surface area contributed by atoms with E-state index in [9.17, 15) is 5.11 Å². The minimum absolute atomic E-state index is 0.121. The van der Waals surface area contributed by atoms with Gasteiger partial charge in [-0.1, -0.05) is 42.5 Å². The lowest BCUT2D eigenvalue weighted by Gasteiger charge is -2.24. The Kier molecular flexibility index (Phi) is 5.60. The third-order valence-electron chi connectivity index (χ3n) is 3.12. The van der Waals surface area contributed by atoms with E-state index in [1.807, 2.05) is 61.5 Å². The van der Waals surface area contributed by atoms with Gasteiger partial charge in [0.2, 0.25) is 0 Å². The standard InChI is InChI=1S/C17H21NO3/c1-2-20-15-10-6-7-11-16(15)21-17(14(19)12-18)13-8-4-3-5-9-13/h3-11,14,17,19H,2,12,18H2,1H3/t14-,17-/m0/s1. The first-order valence-electron chi connectivity index (χ1n) is 7.07. The highest BCUT2D eigenvalue weighted by Crippen LogP contribution is 2.32. The Balaban J connectivity index is 2.27. The van der Waals surface area contributed by atoms with Crippen LogP contribution in [0.4, 0.5) is 0 Å². The molecular weight excluding hydrogens is 266 g/mol. The van der Waals surface area contributed by atoms with Gasteiger partial charge in [-0.3, -0.25) is 0 Å². The van der Waals surface area contributed by atoms with Gasteiger partial charge in [-0.15, -0.1) is 0 Å². The van der Waals surface area contributed by atoms with Crippen LogP contribution in [0.3, 0.4) is 0 Å². The summed E-state index contributed by atoms with van der Waals surface area (Å²) in [6.07, 6.45) is -1.32. The fourth-order valence-corrected chi connectivity index (χ4v) is 2.09. The number of ether oxygens (including phenoxy) is 2. The van der Waals surface area contributed by atoms with Gasteiger partial charge >= 0.3 is 0 Å². The predicted octanol–water partition coefficient (Wildman–Crippen LogP) is 2.52. The quantitative estimate of drug-likeness (QED) is 0.821. The maximum absolute atomic E-state index is 10.2. The molecule has 0 aliphatic heterocycles. The van der Waals surface area contributed by atoms with E-state index in [4.69, 9.17) is 15.2 Å². The lowest BCUT2D eigenvalue weighted by molar-refractivity contribution is 0.0394. The molecule has 2 rings (SSSR count). The van der Waals surface area contributed by atoms with E-state index < -0.39 is 12.2 Å². The fraction of sp³-hybridized carbons (Fsp3) is 0.294. The third kappa shape index (κ3) is 3.97. The van der Waals surface area contributed by atoms with Gasteiger partial charge < -0.3 is 20.3 Å². The normalized spacial score (nSPS) is 13.5. The maximum atomic E-state index is 10.2. The number of aliphatic hydroxyl groups is 1. The fourth-order valence-electron chi connectivity index (χ4n) is 2.09. The van der Waals surface area contributed by atoms with Crippen LogP contribution in [-0.4, -0.2) is 24.4 Å². The summed E-state index contributed by atoms with van der Waals surface area (Å²) in [5, 5.41) is 10.2. The molecule has 0 heterocycles. The van der Waals surface area contributed by atoms with Gasteiger partial charge in [-0.2, -0.15) is 0 Å². The molecule has 0 bridgehead atoms. The molecule has 0 radical (unpaired) electrons. The molecule has 0 amide bonds. The van der Waals surface area contributed by atoms with Gasteiger partial charge in [0, 0.05) is 6.54 Å². The summed E-state index contributed by atoms with van der Waals surface area (Å²) < 4.78 is 11.5. The Morgan fingerprint density at radius 3 is 2.24 bits per heavy atom. The van der Waals surface area contributed by atoms with Gasteiger partial charge in [0.1, 0.15) is 6.10 Å².